The molecule has 0 spiro atoms. The highest BCUT2D eigenvalue weighted by Crippen LogP contribution is 2.33. The Morgan fingerprint density at radius 3 is 2.71 bits per heavy atom. The second-order valence-corrected chi connectivity index (χ2v) is 8.89. The Balaban J connectivity index is 0.00000289. The number of hydrogen-bond acceptors (Lipinski definition) is 8. The lowest BCUT2D eigenvalue weighted by Gasteiger charge is -2.36. The molecule has 1 saturated carbocycles. The van der Waals surface area contributed by atoms with E-state index in [1.165, 1.54) is 16.7 Å². The molecule has 5 rings (SSSR count). The quantitative estimate of drug-likeness (QED) is 0.525. The van der Waals surface area contributed by atoms with Gasteiger partial charge in [-0.15, -0.1) is 12.4 Å². The number of ether oxygens (including phenoxy) is 3. The van der Waals surface area contributed by atoms with Crippen LogP contribution in [0.15, 0.2) is 35.4 Å². The van der Waals surface area contributed by atoms with E-state index in [1.807, 2.05) is 6.07 Å². The summed E-state index contributed by atoms with van der Waals surface area (Å²) in [5.41, 5.74) is 0.217. The van der Waals surface area contributed by atoms with Crippen LogP contribution in [-0.2, 0) is 13.6 Å². The Hall–Kier alpha value is -2.95. The van der Waals surface area contributed by atoms with Gasteiger partial charge >= 0.3 is 0 Å². The van der Waals surface area contributed by atoms with E-state index in [1.54, 1.807) is 13.2 Å². The Kier molecular flexibility index (Phi) is 7.44. The third kappa shape index (κ3) is 5.34. The first-order valence-electron chi connectivity index (χ1n) is 11.4. The molecule has 0 saturated heterocycles. The first kappa shape index (κ1) is 25.2. The highest BCUT2D eigenvalue weighted by atomic mass is 35.5. The molecule has 1 fully saturated rings. The van der Waals surface area contributed by atoms with Crippen molar-refractivity contribution >= 4 is 23.4 Å². The second kappa shape index (κ2) is 10.3. The van der Waals surface area contributed by atoms with E-state index in [0.29, 0.717) is 49.6 Å². The van der Waals surface area contributed by atoms with Crippen LogP contribution in [0.4, 0.5) is 4.39 Å². The molecule has 35 heavy (non-hydrogen) atoms. The van der Waals surface area contributed by atoms with Crippen LogP contribution in [0.1, 0.15) is 31.4 Å². The molecule has 0 radical (unpaired) electrons. The highest BCUT2D eigenvalue weighted by molar-refractivity contribution is 5.85. The molecular weight excluding hydrogens is 479 g/mol. The standard InChI is InChI=1S/C24H27FN4O5.ClH/c1-29-21(30)3-2-18-22(29)23(17(25)12-28-18)34-14-24(31)6-4-15(5-7-24)26-11-16-10-19-20(13-27-16)33-9-8-32-19;/h2-3,10,12-13,15,26,31H,4-9,11,14H2,1H3;1H. The summed E-state index contributed by atoms with van der Waals surface area (Å²) in [7, 11) is 1.54. The summed E-state index contributed by atoms with van der Waals surface area (Å²) in [6.45, 7) is 1.58. The number of pyridine rings is 3. The lowest BCUT2D eigenvalue weighted by atomic mass is 9.82. The Labute approximate surface area is 207 Å². The molecule has 2 aliphatic rings. The molecule has 1 aliphatic carbocycles. The van der Waals surface area contributed by atoms with Gasteiger partial charge in [-0.25, -0.2) is 4.39 Å². The molecule has 3 aromatic heterocycles. The average Bonchev–Trinajstić information content (AvgIpc) is 2.85. The van der Waals surface area contributed by atoms with Crippen molar-refractivity contribution in [1.82, 2.24) is 19.9 Å². The smallest absolute Gasteiger partial charge is 0.250 e. The van der Waals surface area contributed by atoms with Gasteiger partial charge in [-0.05, 0) is 31.7 Å². The Bertz CT molecular complexity index is 1260. The molecule has 4 heterocycles. The number of nitrogens with one attached hydrogen (secondary N) is 1. The van der Waals surface area contributed by atoms with Crippen molar-refractivity contribution in [2.24, 2.45) is 7.05 Å². The average molecular weight is 507 g/mol. The zero-order valence-electron chi connectivity index (χ0n) is 19.3. The van der Waals surface area contributed by atoms with Crippen molar-refractivity contribution in [2.75, 3.05) is 19.8 Å². The zero-order chi connectivity index (χ0) is 23.7. The number of rotatable bonds is 6. The van der Waals surface area contributed by atoms with Crippen molar-refractivity contribution < 1.29 is 23.7 Å². The molecular formula is C24H28ClFN4O5. The van der Waals surface area contributed by atoms with Gasteiger partial charge in [0.15, 0.2) is 23.1 Å². The predicted octanol–water partition coefficient (Wildman–Crippen LogP) is 2.50. The van der Waals surface area contributed by atoms with Gasteiger partial charge in [0, 0.05) is 31.8 Å². The molecule has 11 heteroatoms. The highest BCUT2D eigenvalue weighted by Gasteiger charge is 2.34. The van der Waals surface area contributed by atoms with Crippen molar-refractivity contribution in [3.63, 3.8) is 0 Å². The van der Waals surface area contributed by atoms with Crippen molar-refractivity contribution in [3.05, 3.63) is 52.5 Å². The maximum Gasteiger partial charge on any atom is 0.250 e. The van der Waals surface area contributed by atoms with Gasteiger partial charge in [0.05, 0.1) is 29.2 Å². The number of aliphatic hydroxyl groups is 1. The minimum atomic E-state index is -1.08. The van der Waals surface area contributed by atoms with Crippen LogP contribution in [0.2, 0.25) is 0 Å². The molecule has 0 atom stereocenters. The largest absolute Gasteiger partial charge is 0.486 e. The molecule has 0 bridgehead atoms. The van der Waals surface area contributed by atoms with Gasteiger partial charge in [0.25, 0.3) is 5.56 Å². The molecule has 1 aliphatic heterocycles. The number of halogens is 2. The maximum atomic E-state index is 14.5. The molecule has 3 aromatic rings. The van der Waals surface area contributed by atoms with Crippen LogP contribution in [-0.4, -0.2) is 51.1 Å². The molecule has 0 amide bonds. The molecule has 0 aromatic carbocycles. The van der Waals surface area contributed by atoms with Crippen molar-refractivity contribution in [3.8, 4) is 17.2 Å². The molecule has 0 unspecified atom stereocenters. The summed E-state index contributed by atoms with van der Waals surface area (Å²) in [6.07, 6.45) is 5.23. The summed E-state index contributed by atoms with van der Waals surface area (Å²) in [5, 5.41) is 14.5. The Morgan fingerprint density at radius 1 is 1.20 bits per heavy atom. The summed E-state index contributed by atoms with van der Waals surface area (Å²) >= 11 is 0. The minimum absolute atomic E-state index is 0. The first-order valence-corrected chi connectivity index (χ1v) is 11.4. The van der Waals surface area contributed by atoms with Gasteiger partial charge in [0.2, 0.25) is 0 Å². The van der Waals surface area contributed by atoms with Gasteiger partial charge in [-0.2, -0.15) is 0 Å². The zero-order valence-corrected chi connectivity index (χ0v) is 20.1. The van der Waals surface area contributed by atoms with E-state index in [-0.39, 0.29) is 41.9 Å². The van der Waals surface area contributed by atoms with E-state index >= 15 is 0 Å². The number of fused-ring (bicyclic) bond motifs is 2. The van der Waals surface area contributed by atoms with E-state index < -0.39 is 11.4 Å². The van der Waals surface area contributed by atoms with Crippen LogP contribution in [0.25, 0.3) is 11.0 Å². The Morgan fingerprint density at radius 2 is 1.94 bits per heavy atom. The SMILES string of the molecule is Cl.Cn1c(=O)ccc2ncc(F)c(OCC3(O)CCC(NCc4cc5c(cn4)OCCO5)CC3)c21. The van der Waals surface area contributed by atoms with Gasteiger partial charge in [-0.1, -0.05) is 0 Å². The van der Waals surface area contributed by atoms with Crippen LogP contribution in [0.3, 0.4) is 0 Å². The third-order valence-electron chi connectivity index (χ3n) is 6.50. The predicted molar refractivity (Wildman–Crippen MR) is 129 cm³/mol. The van der Waals surface area contributed by atoms with E-state index in [4.69, 9.17) is 14.2 Å². The lowest BCUT2D eigenvalue weighted by molar-refractivity contribution is -0.0401. The fourth-order valence-corrected chi connectivity index (χ4v) is 4.48. The topological polar surface area (TPSA) is 108 Å². The monoisotopic (exact) mass is 506 g/mol. The van der Waals surface area contributed by atoms with Gasteiger partial charge in [0.1, 0.15) is 25.3 Å². The normalized spacial score (nSPS) is 21.4. The van der Waals surface area contributed by atoms with Crippen LogP contribution in [0.5, 0.6) is 17.2 Å². The van der Waals surface area contributed by atoms with Gasteiger partial charge < -0.3 is 29.2 Å². The number of hydrogen-bond donors (Lipinski definition) is 2. The van der Waals surface area contributed by atoms with Crippen molar-refractivity contribution in [2.45, 2.75) is 43.9 Å². The second-order valence-electron chi connectivity index (χ2n) is 8.89. The van der Waals surface area contributed by atoms with E-state index in [0.717, 1.165) is 24.7 Å². The first-order chi connectivity index (χ1) is 16.4. The summed E-state index contributed by atoms with van der Waals surface area (Å²) in [6, 6.07) is 5.01. The van der Waals surface area contributed by atoms with Crippen LogP contribution >= 0.6 is 12.4 Å². The minimum Gasteiger partial charge on any atom is -0.486 e. The summed E-state index contributed by atoms with van der Waals surface area (Å²) < 4.78 is 32.7. The fraction of sp³-hybridized carbons (Fsp3) is 0.458. The summed E-state index contributed by atoms with van der Waals surface area (Å²) in [4.78, 5) is 20.5. The number of aromatic nitrogens is 3. The van der Waals surface area contributed by atoms with Gasteiger partial charge in [-0.3, -0.25) is 14.8 Å². The maximum absolute atomic E-state index is 14.5. The van der Waals surface area contributed by atoms with Crippen LogP contribution < -0.4 is 25.1 Å². The molecule has 9 nitrogen and oxygen atoms in total. The number of nitrogens with zero attached hydrogens (tertiary/aromatic N) is 3. The molecule has 2 N–H and O–H groups in total. The van der Waals surface area contributed by atoms with E-state index in [2.05, 4.69) is 15.3 Å². The molecule has 188 valence electrons. The van der Waals surface area contributed by atoms with E-state index in [9.17, 15) is 14.3 Å². The number of aryl methyl sites for hydroxylation is 1. The fourth-order valence-electron chi connectivity index (χ4n) is 4.48. The third-order valence-corrected chi connectivity index (χ3v) is 6.50. The lowest BCUT2D eigenvalue weighted by Crippen LogP contribution is -2.44. The van der Waals surface area contributed by atoms with Crippen molar-refractivity contribution in [1.29, 1.82) is 0 Å². The summed E-state index contributed by atoms with van der Waals surface area (Å²) in [5.74, 6) is 0.640. The van der Waals surface area contributed by atoms with Crippen LogP contribution in [0, 0.1) is 5.82 Å².